The van der Waals surface area contributed by atoms with E-state index in [4.69, 9.17) is 0 Å². The summed E-state index contributed by atoms with van der Waals surface area (Å²) in [4.78, 5) is 3.93. The van der Waals surface area contributed by atoms with Crippen molar-refractivity contribution in [1.29, 1.82) is 0 Å². The van der Waals surface area contributed by atoms with E-state index in [9.17, 15) is 0 Å². The molecule has 1 N–H and O–H groups in total. The maximum atomic E-state index is 3.70. The van der Waals surface area contributed by atoms with E-state index >= 15 is 0 Å². The number of hydrogen-bond acceptors (Lipinski definition) is 3. The summed E-state index contributed by atoms with van der Waals surface area (Å²) in [5.41, 5.74) is 3.99. The third-order valence-corrected chi connectivity index (χ3v) is 5.22. The van der Waals surface area contributed by atoms with Gasteiger partial charge in [-0.25, -0.2) is 0 Å². The molecule has 2 nitrogen and oxygen atoms in total. The van der Waals surface area contributed by atoms with E-state index < -0.39 is 0 Å². The summed E-state index contributed by atoms with van der Waals surface area (Å²) >= 11 is 1.84. The van der Waals surface area contributed by atoms with Gasteiger partial charge in [0, 0.05) is 18.0 Å². The fourth-order valence-corrected chi connectivity index (χ4v) is 3.89. The highest BCUT2D eigenvalue weighted by Gasteiger charge is 2.17. The number of anilines is 2. The summed E-state index contributed by atoms with van der Waals surface area (Å²) in [5, 5.41) is 5.88. The van der Waals surface area contributed by atoms with Gasteiger partial charge in [-0.3, -0.25) is 0 Å². The lowest BCUT2D eigenvalue weighted by atomic mass is 10.1. The van der Waals surface area contributed by atoms with Crippen molar-refractivity contribution in [1.82, 2.24) is 0 Å². The van der Waals surface area contributed by atoms with Crippen LogP contribution >= 0.6 is 11.3 Å². The molecule has 0 radical (unpaired) electrons. The highest BCUT2D eigenvalue weighted by molar-refractivity contribution is 7.10. The summed E-state index contributed by atoms with van der Waals surface area (Å²) in [5.74, 6) is 0. The van der Waals surface area contributed by atoms with Crippen molar-refractivity contribution in [3.63, 3.8) is 0 Å². The van der Waals surface area contributed by atoms with E-state index in [-0.39, 0.29) is 0 Å². The SMILES string of the molecule is Cc1ccsc1C(C)Nc1ccccc1N1CCCC1. The Labute approximate surface area is 125 Å². The number of thiophene rings is 1. The van der Waals surface area contributed by atoms with Crippen molar-refractivity contribution in [3.8, 4) is 0 Å². The van der Waals surface area contributed by atoms with Gasteiger partial charge in [-0.2, -0.15) is 0 Å². The lowest BCUT2D eigenvalue weighted by Crippen LogP contribution is -2.19. The zero-order chi connectivity index (χ0) is 13.9. The van der Waals surface area contributed by atoms with Crippen LogP contribution in [0.2, 0.25) is 0 Å². The number of nitrogens with zero attached hydrogens (tertiary/aromatic N) is 1. The highest BCUT2D eigenvalue weighted by atomic mass is 32.1. The Balaban J connectivity index is 1.82. The molecule has 1 atom stereocenters. The molecule has 1 saturated heterocycles. The van der Waals surface area contributed by atoms with Gasteiger partial charge in [-0.05, 0) is 55.8 Å². The second-order valence-electron chi connectivity index (χ2n) is 5.55. The summed E-state index contributed by atoms with van der Waals surface area (Å²) in [6.07, 6.45) is 2.63. The molecular formula is C17H22N2S. The van der Waals surface area contributed by atoms with Crippen LogP contribution in [-0.2, 0) is 0 Å². The molecule has 1 aromatic carbocycles. The number of benzene rings is 1. The summed E-state index contributed by atoms with van der Waals surface area (Å²) in [7, 11) is 0. The number of rotatable bonds is 4. The van der Waals surface area contributed by atoms with Crippen molar-refractivity contribution in [2.45, 2.75) is 32.7 Å². The average Bonchev–Trinajstić information content (AvgIpc) is 3.10. The third-order valence-electron chi connectivity index (χ3n) is 4.02. The molecule has 2 heterocycles. The molecule has 1 fully saturated rings. The predicted molar refractivity (Wildman–Crippen MR) is 89.0 cm³/mol. The molecule has 1 aliphatic rings. The van der Waals surface area contributed by atoms with Crippen LogP contribution in [0.25, 0.3) is 0 Å². The van der Waals surface area contributed by atoms with E-state index in [0.29, 0.717) is 6.04 Å². The first-order valence-corrected chi connectivity index (χ1v) is 8.28. The molecule has 3 rings (SSSR count). The fourth-order valence-electron chi connectivity index (χ4n) is 2.96. The molecule has 106 valence electrons. The summed E-state index contributed by atoms with van der Waals surface area (Å²) < 4.78 is 0. The van der Waals surface area contributed by atoms with E-state index in [1.165, 1.54) is 47.7 Å². The van der Waals surface area contributed by atoms with Gasteiger partial charge in [0.2, 0.25) is 0 Å². The van der Waals surface area contributed by atoms with Crippen LogP contribution in [0, 0.1) is 6.92 Å². The van der Waals surface area contributed by atoms with Crippen LogP contribution in [0.5, 0.6) is 0 Å². The molecule has 0 saturated carbocycles. The molecule has 2 aromatic rings. The van der Waals surface area contributed by atoms with E-state index in [1.54, 1.807) is 0 Å². The van der Waals surface area contributed by atoms with Crippen LogP contribution in [0.3, 0.4) is 0 Å². The van der Waals surface area contributed by atoms with Gasteiger partial charge in [0.05, 0.1) is 17.4 Å². The minimum absolute atomic E-state index is 0.360. The van der Waals surface area contributed by atoms with Crippen LogP contribution in [0.1, 0.15) is 36.2 Å². The monoisotopic (exact) mass is 286 g/mol. The zero-order valence-corrected chi connectivity index (χ0v) is 13.0. The molecule has 0 amide bonds. The predicted octanol–water partition coefficient (Wildman–Crippen LogP) is 4.83. The molecule has 3 heteroatoms. The molecule has 0 spiro atoms. The van der Waals surface area contributed by atoms with E-state index in [1.807, 2.05) is 11.3 Å². The van der Waals surface area contributed by atoms with Gasteiger partial charge in [0.15, 0.2) is 0 Å². The quantitative estimate of drug-likeness (QED) is 0.866. The molecular weight excluding hydrogens is 264 g/mol. The molecule has 1 unspecified atom stereocenters. The van der Waals surface area contributed by atoms with Gasteiger partial charge in [0.25, 0.3) is 0 Å². The molecule has 20 heavy (non-hydrogen) atoms. The minimum Gasteiger partial charge on any atom is -0.376 e. The Morgan fingerprint density at radius 1 is 1.15 bits per heavy atom. The van der Waals surface area contributed by atoms with Crippen molar-refractivity contribution in [2.24, 2.45) is 0 Å². The number of aryl methyl sites for hydroxylation is 1. The normalized spacial score (nSPS) is 16.4. The maximum Gasteiger partial charge on any atom is 0.0602 e. The maximum absolute atomic E-state index is 3.70. The topological polar surface area (TPSA) is 15.3 Å². The third kappa shape index (κ3) is 2.68. The Kier molecular flexibility index (Phi) is 3.97. The second kappa shape index (κ2) is 5.88. The Bertz CT molecular complexity index is 570. The Morgan fingerprint density at radius 3 is 2.60 bits per heavy atom. The fraction of sp³-hybridized carbons (Fsp3) is 0.412. The van der Waals surface area contributed by atoms with E-state index in [0.717, 1.165) is 0 Å². The first-order valence-electron chi connectivity index (χ1n) is 7.40. The highest BCUT2D eigenvalue weighted by Crippen LogP contribution is 2.33. The van der Waals surface area contributed by atoms with Crippen molar-refractivity contribution in [3.05, 3.63) is 46.2 Å². The van der Waals surface area contributed by atoms with Gasteiger partial charge in [-0.15, -0.1) is 11.3 Å². The van der Waals surface area contributed by atoms with E-state index in [2.05, 4.69) is 59.8 Å². The average molecular weight is 286 g/mol. The van der Waals surface area contributed by atoms with Crippen LogP contribution in [-0.4, -0.2) is 13.1 Å². The van der Waals surface area contributed by atoms with Gasteiger partial charge in [-0.1, -0.05) is 12.1 Å². The van der Waals surface area contributed by atoms with Crippen LogP contribution < -0.4 is 10.2 Å². The smallest absolute Gasteiger partial charge is 0.0602 e. The largest absolute Gasteiger partial charge is 0.376 e. The zero-order valence-electron chi connectivity index (χ0n) is 12.2. The standard InChI is InChI=1S/C17H22N2S/c1-13-9-12-20-17(13)14(2)18-15-7-3-4-8-16(15)19-10-5-6-11-19/h3-4,7-9,12,14,18H,5-6,10-11H2,1-2H3. The molecule has 0 bridgehead atoms. The minimum atomic E-state index is 0.360. The molecule has 0 aliphatic carbocycles. The summed E-state index contributed by atoms with van der Waals surface area (Å²) in [6.45, 7) is 6.81. The van der Waals surface area contributed by atoms with Crippen molar-refractivity contribution < 1.29 is 0 Å². The first-order chi connectivity index (χ1) is 9.75. The Hall–Kier alpha value is -1.48. The lowest BCUT2D eigenvalue weighted by Gasteiger charge is -2.24. The first kappa shape index (κ1) is 13.5. The Morgan fingerprint density at radius 2 is 1.90 bits per heavy atom. The molecule has 1 aromatic heterocycles. The molecule has 1 aliphatic heterocycles. The van der Waals surface area contributed by atoms with Gasteiger partial charge < -0.3 is 10.2 Å². The van der Waals surface area contributed by atoms with Crippen molar-refractivity contribution >= 4 is 22.7 Å². The summed E-state index contributed by atoms with van der Waals surface area (Å²) in [6, 6.07) is 11.3. The van der Waals surface area contributed by atoms with Crippen LogP contribution in [0.15, 0.2) is 35.7 Å². The van der Waals surface area contributed by atoms with Crippen LogP contribution in [0.4, 0.5) is 11.4 Å². The lowest BCUT2D eigenvalue weighted by molar-refractivity contribution is 0.891. The van der Waals surface area contributed by atoms with Gasteiger partial charge in [0.1, 0.15) is 0 Å². The number of nitrogens with one attached hydrogen (secondary N) is 1. The number of para-hydroxylation sites is 2. The van der Waals surface area contributed by atoms with Crippen molar-refractivity contribution in [2.75, 3.05) is 23.3 Å². The second-order valence-corrected chi connectivity index (χ2v) is 6.49. The number of hydrogen-bond donors (Lipinski definition) is 1. The van der Waals surface area contributed by atoms with Gasteiger partial charge >= 0.3 is 0 Å².